The van der Waals surface area contributed by atoms with Crippen molar-refractivity contribution in [1.82, 2.24) is 0 Å². The first-order valence-electron chi connectivity index (χ1n) is 9.16. The molecule has 26 heavy (non-hydrogen) atoms. The first kappa shape index (κ1) is 18.7. The van der Waals surface area contributed by atoms with Crippen LogP contribution in [0, 0.1) is 0 Å². The Balaban J connectivity index is 1.74. The summed E-state index contributed by atoms with van der Waals surface area (Å²) >= 11 is 5.87. The highest BCUT2D eigenvalue weighted by molar-refractivity contribution is 6.64. The second kappa shape index (κ2) is 8.50. The molecule has 3 rings (SSSR count). The van der Waals surface area contributed by atoms with Gasteiger partial charge in [0.05, 0.1) is 11.5 Å². The van der Waals surface area contributed by atoms with E-state index in [1.54, 1.807) is 24.3 Å². The van der Waals surface area contributed by atoms with Crippen molar-refractivity contribution in [3.63, 3.8) is 0 Å². The Bertz CT molecular complexity index is 759. The number of rotatable bonds is 6. The molecule has 1 atom stereocenters. The van der Waals surface area contributed by atoms with Gasteiger partial charge in [0.15, 0.2) is 0 Å². The normalized spacial score (nSPS) is 16.2. The number of carboxylic acid groups (broad SMARTS) is 1. The molecule has 1 fully saturated rings. The van der Waals surface area contributed by atoms with Crippen LogP contribution in [0.1, 0.15) is 71.0 Å². The minimum atomic E-state index is -0.958. The van der Waals surface area contributed by atoms with Gasteiger partial charge in [-0.1, -0.05) is 55.7 Å². The lowest BCUT2D eigenvalue weighted by Gasteiger charge is -2.22. The third kappa shape index (κ3) is 4.53. The molecule has 3 nitrogen and oxygen atoms in total. The van der Waals surface area contributed by atoms with Crippen LogP contribution >= 0.6 is 11.6 Å². The van der Waals surface area contributed by atoms with Crippen LogP contribution in [-0.2, 0) is 11.2 Å². The van der Waals surface area contributed by atoms with Crippen LogP contribution in [0.25, 0.3) is 0 Å². The molecular formula is C22H23ClO3. The van der Waals surface area contributed by atoms with Gasteiger partial charge in [0.2, 0.25) is 5.24 Å². The highest BCUT2D eigenvalue weighted by Crippen LogP contribution is 2.33. The van der Waals surface area contributed by atoms with Gasteiger partial charge >= 0.3 is 5.97 Å². The number of hydrogen-bond donors (Lipinski definition) is 1. The molecule has 0 heterocycles. The monoisotopic (exact) mass is 370 g/mol. The van der Waals surface area contributed by atoms with Gasteiger partial charge in [0.25, 0.3) is 0 Å². The number of carbonyl (C=O) groups is 2. The van der Waals surface area contributed by atoms with Crippen molar-refractivity contribution < 1.29 is 14.7 Å². The minimum Gasteiger partial charge on any atom is -0.478 e. The number of hydrogen-bond acceptors (Lipinski definition) is 2. The van der Waals surface area contributed by atoms with Gasteiger partial charge in [-0.2, -0.15) is 0 Å². The van der Waals surface area contributed by atoms with Gasteiger partial charge in [-0.3, -0.25) is 4.79 Å². The van der Waals surface area contributed by atoms with Crippen LogP contribution in [0.3, 0.4) is 0 Å². The van der Waals surface area contributed by atoms with E-state index in [1.807, 2.05) is 12.1 Å². The quantitative estimate of drug-likeness (QED) is 0.680. The lowest BCUT2D eigenvalue weighted by atomic mass is 9.83. The Labute approximate surface area is 159 Å². The summed E-state index contributed by atoms with van der Waals surface area (Å²) in [5.41, 5.74) is 3.39. The second-order valence-electron chi connectivity index (χ2n) is 7.06. The minimum absolute atomic E-state index is 0.235. The summed E-state index contributed by atoms with van der Waals surface area (Å²) in [7, 11) is 0. The molecule has 1 saturated carbocycles. The molecular weight excluding hydrogens is 348 g/mol. The topological polar surface area (TPSA) is 54.4 Å². The Morgan fingerprint density at radius 3 is 2.12 bits per heavy atom. The van der Waals surface area contributed by atoms with Crippen molar-refractivity contribution in [1.29, 1.82) is 0 Å². The van der Waals surface area contributed by atoms with Crippen molar-refractivity contribution in [3.8, 4) is 0 Å². The predicted octanol–water partition coefficient (Wildman–Crippen LogP) is 5.52. The largest absolute Gasteiger partial charge is 0.478 e. The van der Waals surface area contributed by atoms with Crippen molar-refractivity contribution in [2.45, 2.75) is 50.4 Å². The van der Waals surface area contributed by atoms with Crippen LogP contribution in [0.5, 0.6) is 0 Å². The van der Waals surface area contributed by atoms with E-state index in [9.17, 15) is 9.59 Å². The Morgan fingerprint density at radius 2 is 1.58 bits per heavy atom. The van der Waals surface area contributed by atoms with E-state index in [4.69, 9.17) is 16.7 Å². The molecule has 2 aromatic carbocycles. The first-order valence-corrected chi connectivity index (χ1v) is 9.54. The molecule has 1 aliphatic rings. The summed E-state index contributed by atoms with van der Waals surface area (Å²) in [5, 5.41) is 8.59. The van der Waals surface area contributed by atoms with Crippen molar-refractivity contribution in [2.24, 2.45) is 0 Å². The molecule has 0 saturated heterocycles. The SMILES string of the molecule is O=C(O)c1ccc(CC(C(=O)Cl)c2ccc(C3CCCCC3)cc2)cc1. The summed E-state index contributed by atoms with van der Waals surface area (Å²) in [6.07, 6.45) is 6.87. The lowest BCUT2D eigenvalue weighted by Crippen LogP contribution is -2.11. The number of halogens is 1. The fourth-order valence-corrected chi connectivity index (χ4v) is 3.99. The van der Waals surface area contributed by atoms with Crippen LogP contribution in [0.4, 0.5) is 0 Å². The third-order valence-electron chi connectivity index (χ3n) is 5.33. The molecule has 0 spiro atoms. The number of carbonyl (C=O) groups excluding carboxylic acids is 1. The summed E-state index contributed by atoms with van der Waals surface area (Å²) in [6.45, 7) is 0. The van der Waals surface area contributed by atoms with E-state index >= 15 is 0 Å². The van der Waals surface area contributed by atoms with Gasteiger partial charge in [0, 0.05) is 0 Å². The molecule has 1 aliphatic carbocycles. The molecule has 1 unspecified atom stereocenters. The lowest BCUT2D eigenvalue weighted by molar-refractivity contribution is -0.113. The Morgan fingerprint density at radius 1 is 0.962 bits per heavy atom. The maximum Gasteiger partial charge on any atom is 0.335 e. The van der Waals surface area contributed by atoms with Crippen LogP contribution in [0.2, 0.25) is 0 Å². The molecule has 1 N–H and O–H groups in total. The van der Waals surface area contributed by atoms with E-state index in [2.05, 4.69) is 12.1 Å². The zero-order valence-corrected chi connectivity index (χ0v) is 15.4. The molecule has 4 heteroatoms. The van der Waals surface area contributed by atoms with E-state index in [1.165, 1.54) is 37.7 Å². The molecule has 2 aromatic rings. The standard InChI is InChI=1S/C22H23ClO3/c23-21(24)20(14-15-6-8-19(9-7-15)22(25)26)18-12-10-17(11-13-18)16-4-2-1-3-5-16/h6-13,16,20H,1-5,14H2,(H,25,26). The second-order valence-corrected chi connectivity index (χ2v) is 7.44. The number of carboxylic acids is 1. The summed E-state index contributed by atoms with van der Waals surface area (Å²) in [6, 6.07) is 14.9. The summed E-state index contributed by atoms with van der Waals surface area (Å²) < 4.78 is 0. The average Bonchev–Trinajstić information content (AvgIpc) is 2.67. The number of aromatic carboxylic acids is 1. The van der Waals surface area contributed by atoms with Crippen LogP contribution < -0.4 is 0 Å². The zero-order valence-electron chi connectivity index (χ0n) is 14.7. The smallest absolute Gasteiger partial charge is 0.335 e. The van der Waals surface area contributed by atoms with Crippen molar-refractivity contribution in [3.05, 3.63) is 70.8 Å². The summed E-state index contributed by atoms with van der Waals surface area (Å²) in [5.74, 6) is -0.751. The molecule has 0 aromatic heterocycles. The van der Waals surface area contributed by atoms with Crippen LogP contribution in [0.15, 0.2) is 48.5 Å². The van der Waals surface area contributed by atoms with E-state index in [-0.39, 0.29) is 5.56 Å². The molecule has 0 bridgehead atoms. The fraction of sp³-hybridized carbons (Fsp3) is 0.364. The van der Waals surface area contributed by atoms with Gasteiger partial charge < -0.3 is 5.11 Å². The zero-order chi connectivity index (χ0) is 18.5. The molecule has 136 valence electrons. The highest BCUT2D eigenvalue weighted by atomic mass is 35.5. The van der Waals surface area contributed by atoms with Crippen LogP contribution in [-0.4, -0.2) is 16.3 Å². The fourth-order valence-electron chi connectivity index (χ4n) is 3.78. The van der Waals surface area contributed by atoms with Gasteiger partial charge in [-0.05, 0) is 65.6 Å². The van der Waals surface area contributed by atoms with Crippen molar-refractivity contribution >= 4 is 22.8 Å². The maximum absolute atomic E-state index is 12.0. The Hall–Kier alpha value is -2.13. The molecule has 0 amide bonds. The van der Waals surface area contributed by atoms with Gasteiger partial charge in [-0.15, -0.1) is 0 Å². The van der Waals surface area contributed by atoms with Gasteiger partial charge in [-0.25, -0.2) is 4.79 Å². The highest BCUT2D eigenvalue weighted by Gasteiger charge is 2.21. The van der Waals surface area contributed by atoms with Gasteiger partial charge in [0.1, 0.15) is 0 Å². The first-order chi connectivity index (χ1) is 12.5. The molecule has 0 radical (unpaired) electrons. The predicted molar refractivity (Wildman–Crippen MR) is 103 cm³/mol. The third-order valence-corrected chi connectivity index (χ3v) is 5.59. The van der Waals surface area contributed by atoms with E-state index in [0.29, 0.717) is 12.3 Å². The van der Waals surface area contributed by atoms with E-state index in [0.717, 1.165) is 11.1 Å². The maximum atomic E-state index is 12.0. The Kier molecular flexibility index (Phi) is 6.10. The number of benzene rings is 2. The molecule has 0 aliphatic heterocycles. The van der Waals surface area contributed by atoms with E-state index < -0.39 is 17.1 Å². The summed E-state index contributed by atoms with van der Waals surface area (Å²) in [4.78, 5) is 22.9. The van der Waals surface area contributed by atoms with Crippen molar-refractivity contribution in [2.75, 3.05) is 0 Å². The average molecular weight is 371 g/mol.